The van der Waals surface area contributed by atoms with E-state index in [1.54, 1.807) is 0 Å². The fraction of sp³-hybridized carbons (Fsp3) is 0.971. The van der Waals surface area contributed by atoms with Crippen molar-refractivity contribution in [2.75, 3.05) is 38.5 Å². The van der Waals surface area contributed by atoms with Gasteiger partial charge in [-0.1, -0.05) is 92.9 Å². The number of nitrogens with one attached hydrogen (secondary N) is 1. The average molecular weight is 609 g/mol. The van der Waals surface area contributed by atoms with Gasteiger partial charge in [-0.15, -0.1) is 0 Å². The molecule has 0 unspecified atom stereocenters. The topological polar surface area (TPSA) is 41.6 Å². The molecule has 0 aliphatic heterocycles. The molecule has 0 aromatic carbocycles. The molecule has 4 nitrogen and oxygen atoms in total. The smallest absolute Gasteiger partial charge is 0.407 e. The van der Waals surface area contributed by atoms with Crippen molar-refractivity contribution in [2.45, 2.75) is 177 Å². The zero-order valence-electron chi connectivity index (χ0n) is 27.4. The zero-order chi connectivity index (χ0) is 28.9. The standard InChI is InChI=1S/C35H66N2O2P2/c1-35(2,3)39-34(38)36-24-25-37(26-28-40(30-16-8-4-9-17-30)31-18-10-5-11-19-31)27-29-41(32-20-12-6-13-21-32)33-22-14-7-15-23-33/h30-33H,4-29H2,1-3H3,(H,36,38). The van der Waals surface area contributed by atoms with Gasteiger partial charge in [-0.2, -0.15) is 0 Å². The molecule has 4 aliphatic rings. The monoisotopic (exact) mass is 608 g/mol. The second-order valence-electron chi connectivity index (χ2n) is 14.9. The van der Waals surface area contributed by atoms with Gasteiger partial charge in [0.25, 0.3) is 0 Å². The summed E-state index contributed by atoms with van der Waals surface area (Å²) < 4.78 is 5.57. The van der Waals surface area contributed by atoms with Crippen molar-refractivity contribution < 1.29 is 9.53 Å². The molecule has 4 rings (SSSR count). The maximum Gasteiger partial charge on any atom is 0.407 e. The van der Waals surface area contributed by atoms with Crippen LogP contribution in [-0.2, 0) is 4.74 Å². The van der Waals surface area contributed by atoms with Crippen molar-refractivity contribution in [3.8, 4) is 0 Å². The third-order valence-corrected chi connectivity index (χ3v) is 17.9. The first-order valence-electron chi connectivity index (χ1n) is 18.1. The van der Waals surface area contributed by atoms with E-state index in [-0.39, 0.29) is 21.9 Å². The molecule has 4 aliphatic carbocycles. The van der Waals surface area contributed by atoms with Crippen LogP contribution in [0.4, 0.5) is 4.79 Å². The van der Waals surface area contributed by atoms with Gasteiger partial charge in [0.05, 0.1) is 0 Å². The molecule has 6 heteroatoms. The highest BCUT2D eigenvalue weighted by molar-refractivity contribution is 7.59. The summed E-state index contributed by atoms with van der Waals surface area (Å²) in [5.41, 5.74) is 3.70. The predicted molar refractivity (Wildman–Crippen MR) is 182 cm³/mol. The molecular formula is C35H66N2O2P2. The second-order valence-corrected chi connectivity index (χ2v) is 20.8. The van der Waals surface area contributed by atoms with E-state index in [1.165, 1.54) is 154 Å². The molecule has 4 saturated carbocycles. The van der Waals surface area contributed by atoms with Crippen LogP contribution in [0.25, 0.3) is 0 Å². The molecule has 0 atom stereocenters. The highest BCUT2D eigenvalue weighted by atomic mass is 31.1. The number of alkyl carbamates (subject to hydrolysis) is 1. The fourth-order valence-corrected chi connectivity index (χ4v) is 16.3. The Kier molecular flexibility index (Phi) is 15.0. The summed E-state index contributed by atoms with van der Waals surface area (Å²) in [6.45, 7) is 10.1. The Bertz CT molecular complexity index is 640. The number of ether oxygens (including phenoxy) is 1. The van der Waals surface area contributed by atoms with E-state index in [0.717, 1.165) is 29.2 Å². The van der Waals surface area contributed by atoms with Gasteiger partial charge in [0.15, 0.2) is 0 Å². The van der Waals surface area contributed by atoms with E-state index < -0.39 is 5.60 Å². The third-order valence-electron chi connectivity index (χ3n) is 10.6. The van der Waals surface area contributed by atoms with Gasteiger partial charge in [0, 0.05) is 26.2 Å². The summed E-state index contributed by atoms with van der Waals surface area (Å²) >= 11 is 0. The molecule has 0 spiro atoms. The Morgan fingerprint density at radius 1 is 0.610 bits per heavy atom. The minimum Gasteiger partial charge on any atom is -0.444 e. The van der Waals surface area contributed by atoms with Crippen LogP contribution < -0.4 is 5.32 Å². The van der Waals surface area contributed by atoms with Gasteiger partial charge < -0.3 is 15.0 Å². The van der Waals surface area contributed by atoms with Gasteiger partial charge in [-0.25, -0.2) is 4.79 Å². The van der Waals surface area contributed by atoms with Gasteiger partial charge >= 0.3 is 6.09 Å². The van der Waals surface area contributed by atoms with E-state index in [9.17, 15) is 4.79 Å². The van der Waals surface area contributed by atoms with Crippen LogP contribution in [0.2, 0.25) is 0 Å². The van der Waals surface area contributed by atoms with Crippen LogP contribution >= 0.6 is 15.8 Å². The predicted octanol–water partition coefficient (Wildman–Crippen LogP) is 10.1. The molecule has 0 bridgehead atoms. The largest absolute Gasteiger partial charge is 0.444 e. The first-order valence-corrected chi connectivity index (χ1v) is 21.4. The molecule has 4 fully saturated rings. The van der Waals surface area contributed by atoms with Crippen LogP contribution in [0.3, 0.4) is 0 Å². The Labute approximate surface area is 257 Å². The minimum atomic E-state index is -0.435. The molecule has 1 N–H and O–H groups in total. The van der Waals surface area contributed by atoms with Crippen molar-refractivity contribution >= 4 is 21.9 Å². The molecule has 0 saturated heterocycles. The Morgan fingerprint density at radius 2 is 0.951 bits per heavy atom. The maximum absolute atomic E-state index is 12.5. The second kappa shape index (κ2) is 18.2. The van der Waals surface area contributed by atoms with Gasteiger partial charge in [0.2, 0.25) is 0 Å². The zero-order valence-corrected chi connectivity index (χ0v) is 29.1. The lowest BCUT2D eigenvalue weighted by molar-refractivity contribution is 0.0522. The third kappa shape index (κ3) is 12.2. The SMILES string of the molecule is CC(C)(C)OC(=O)NCCN(CCP(C1CCCCC1)C1CCCCC1)CCP(C1CCCCC1)C1CCCCC1. The van der Waals surface area contributed by atoms with Gasteiger partial charge in [-0.05, 0) is 107 Å². The Balaban J connectivity index is 1.39. The van der Waals surface area contributed by atoms with Crippen molar-refractivity contribution in [2.24, 2.45) is 0 Å². The van der Waals surface area contributed by atoms with Gasteiger partial charge in [0.1, 0.15) is 5.60 Å². The lowest BCUT2D eigenvalue weighted by atomic mass is 9.99. The Hall–Kier alpha value is 0.0900. The van der Waals surface area contributed by atoms with Crippen molar-refractivity contribution in [3.05, 3.63) is 0 Å². The van der Waals surface area contributed by atoms with Crippen molar-refractivity contribution in [1.82, 2.24) is 10.2 Å². The lowest BCUT2D eigenvalue weighted by Gasteiger charge is -2.41. The maximum atomic E-state index is 12.5. The van der Waals surface area contributed by atoms with Gasteiger partial charge in [-0.3, -0.25) is 0 Å². The van der Waals surface area contributed by atoms with Crippen LogP contribution in [0.15, 0.2) is 0 Å². The van der Waals surface area contributed by atoms with Crippen LogP contribution in [0.5, 0.6) is 0 Å². The number of carbonyl (C=O) groups is 1. The molecule has 0 aromatic rings. The first-order chi connectivity index (χ1) is 19.9. The van der Waals surface area contributed by atoms with E-state index in [1.807, 2.05) is 20.8 Å². The average Bonchev–Trinajstić information content (AvgIpc) is 2.98. The van der Waals surface area contributed by atoms with E-state index in [0.29, 0.717) is 6.54 Å². The lowest BCUT2D eigenvalue weighted by Crippen LogP contribution is -2.40. The number of carbonyl (C=O) groups excluding carboxylic acids is 1. The summed E-state index contributed by atoms with van der Waals surface area (Å²) in [6.07, 6.45) is 32.4. The highest BCUT2D eigenvalue weighted by Gasteiger charge is 2.33. The first kappa shape index (κ1) is 34.0. The number of amides is 1. The Morgan fingerprint density at radius 3 is 1.27 bits per heavy atom. The summed E-state index contributed by atoms with van der Waals surface area (Å²) in [5, 5.41) is 3.11. The number of hydrogen-bond donors (Lipinski definition) is 1. The van der Waals surface area contributed by atoms with Crippen molar-refractivity contribution in [1.29, 1.82) is 0 Å². The molecular weight excluding hydrogens is 542 g/mol. The van der Waals surface area contributed by atoms with Crippen LogP contribution in [-0.4, -0.2) is 77.7 Å². The van der Waals surface area contributed by atoms with Crippen molar-refractivity contribution in [3.63, 3.8) is 0 Å². The molecule has 0 heterocycles. The summed E-state index contributed by atoms with van der Waals surface area (Å²) in [7, 11) is 0.252. The van der Waals surface area contributed by atoms with Crippen LogP contribution in [0, 0.1) is 0 Å². The number of rotatable bonds is 13. The number of hydrogen-bond acceptors (Lipinski definition) is 3. The normalized spacial score (nSPS) is 23.0. The molecule has 238 valence electrons. The summed E-state index contributed by atoms with van der Waals surface area (Å²) in [4.78, 5) is 15.3. The number of nitrogens with zero attached hydrogens (tertiary/aromatic N) is 1. The van der Waals surface area contributed by atoms with Crippen LogP contribution in [0.1, 0.15) is 149 Å². The quantitative estimate of drug-likeness (QED) is 0.212. The summed E-state index contributed by atoms with van der Waals surface area (Å²) in [5.74, 6) is 0. The highest BCUT2D eigenvalue weighted by Crippen LogP contribution is 2.57. The minimum absolute atomic E-state index is 0.126. The fourth-order valence-electron chi connectivity index (χ4n) is 8.46. The molecule has 1 amide bonds. The molecule has 41 heavy (non-hydrogen) atoms. The van der Waals surface area contributed by atoms with E-state index in [4.69, 9.17) is 4.74 Å². The van der Waals surface area contributed by atoms with E-state index >= 15 is 0 Å². The summed E-state index contributed by atoms with van der Waals surface area (Å²) in [6, 6.07) is 0. The molecule has 0 radical (unpaired) electrons. The molecule has 0 aromatic heterocycles. The van der Waals surface area contributed by atoms with E-state index in [2.05, 4.69) is 10.2 Å².